The fourth-order valence-electron chi connectivity index (χ4n) is 1.72. The SMILES string of the molecule is CN(C(=O)COc1ccccc1)c1ccc(Br)cc1N. The van der Waals surface area contributed by atoms with E-state index in [0.717, 1.165) is 4.47 Å². The number of ether oxygens (including phenoxy) is 1. The first-order valence-corrected chi connectivity index (χ1v) is 6.86. The number of para-hydroxylation sites is 1. The number of benzene rings is 2. The quantitative estimate of drug-likeness (QED) is 0.874. The molecule has 0 heterocycles. The van der Waals surface area contributed by atoms with E-state index in [4.69, 9.17) is 10.5 Å². The number of carbonyl (C=O) groups excluding carboxylic acids is 1. The number of amides is 1. The van der Waals surface area contributed by atoms with Gasteiger partial charge in [-0.1, -0.05) is 34.1 Å². The third kappa shape index (κ3) is 3.51. The summed E-state index contributed by atoms with van der Waals surface area (Å²) < 4.78 is 6.31. The van der Waals surface area contributed by atoms with Crippen LogP contribution in [-0.2, 0) is 4.79 Å². The monoisotopic (exact) mass is 334 g/mol. The lowest BCUT2D eigenvalue weighted by atomic mass is 10.2. The molecule has 20 heavy (non-hydrogen) atoms. The number of anilines is 2. The van der Waals surface area contributed by atoms with Gasteiger partial charge >= 0.3 is 0 Å². The number of nitrogens with two attached hydrogens (primary N) is 1. The fraction of sp³-hybridized carbons (Fsp3) is 0.133. The molecule has 0 fully saturated rings. The number of nitrogens with zero attached hydrogens (tertiary/aromatic N) is 1. The zero-order chi connectivity index (χ0) is 14.5. The van der Waals surface area contributed by atoms with Crippen LogP contribution in [0.15, 0.2) is 53.0 Å². The summed E-state index contributed by atoms with van der Waals surface area (Å²) in [7, 11) is 1.68. The molecule has 0 aliphatic carbocycles. The number of halogens is 1. The molecule has 0 saturated heterocycles. The first kappa shape index (κ1) is 14.4. The molecule has 0 unspecified atom stereocenters. The summed E-state index contributed by atoms with van der Waals surface area (Å²) >= 11 is 3.34. The highest BCUT2D eigenvalue weighted by molar-refractivity contribution is 9.10. The zero-order valence-corrected chi connectivity index (χ0v) is 12.6. The van der Waals surface area contributed by atoms with E-state index < -0.39 is 0 Å². The number of hydrogen-bond donors (Lipinski definition) is 1. The van der Waals surface area contributed by atoms with Gasteiger partial charge in [0.15, 0.2) is 6.61 Å². The van der Waals surface area contributed by atoms with Gasteiger partial charge in [-0.15, -0.1) is 0 Å². The molecule has 0 bridgehead atoms. The fourth-order valence-corrected chi connectivity index (χ4v) is 2.10. The second-order valence-electron chi connectivity index (χ2n) is 4.26. The Morgan fingerprint density at radius 2 is 1.95 bits per heavy atom. The van der Waals surface area contributed by atoms with E-state index >= 15 is 0 Å². The average Bonchev–Trinajstić information content (AvgIpc) is 2.45. The Morgan fingerprint density at radius 3 is 2.60 bits per heavy atom. The minimum Gasteiger partial charge on any atom is -0.484 e. The van der Waals surface area contributed by atoms with Crippen LogP contribution in [-0.4, -0.2) is 19.6 Å². The maximum atomic E-state index is 12.1. The second-order valence-corrected chi connectivity index (χ2v) is 5.17. The summed E-state index contributed by atoms with van der Waals surface area (Å²) in [6.45, 7) is -0.0317. The maximum Gasteiger partial charge on any atom is 0.264 e. The van der Waals surface area contributed by atoms with Crippen molar-refractivity contribution >= 4 is 33.2 Å². The molecule has 2 aromatic rings. The predicted octanol–water partition coefficient (Wildman–Crippen LogP) is 3.07. The molecule has 1 amide bonds. The molecule has 0 radical (unpaired) electrons. The molecule has 4 nitrogen and oxygen atoms in total. The lowest BCUT2D eigenvalue weighted by Gasteiger charge is -2.19. The van der Waals surface area contributed by atoms with Crippen LogP contribution in [0, 0.1) is 0 Å². The summed E-state index contributed by atoms with van der Waals surface area (Å²) in [6.07, 6.45) is 0. The van der Waals surface area contributed by atoms with Crippen molar-refractivity contribution in [3.63, 3.8) is 0 Å². The van der Waals surface area contributed by atoms with Gasteiger partial charge in [0.1, 0.15) is 5.75 Å². The van der Waals surface area contributed by atoms with Crippen molar-refractivity contribution in [2.45, 2.75) is 0 Å². The molecular formula is C15H15BrN2O2. The van der Waals surface area contributed by atoms with Crippen molar-refractivity contribution in [2.75, 3.05) is 24.3 Å². The summed E-state index contributed by atoms with van der Waals surface area (Å²) in [6, 6.07) is 14.6. The lowest BCUT2D eigenvalue weighted by Crippen LogP contribution is -2.31. The molecule has 0 saturated carbocycles. The second kappa shape index (κ2) is 6.43. The average molecular weight is 335 g/mol. The molecule has 0 spiro atoms. The van der Waals surface area contributed by atoms with Gasteiger partial charge in [-0.3, -0.25) is 4.79 Å². The first-order chi connectivity index (χ1) is 9.58. The standard InChI is InChI=1S/C15H15BrN2O2/c1-18(14-8-7-11(16)9-13(14)17)15(19)10-20-12-5-3-2-4-6-12/h2-9H,10,17H2,1H3. The van der Waals surface area contributed by atoms with Crippen molar-refractivity contribution in [3.05, 3.63) is 53.0 Å². The molecule has 2 aromatic carbocycles. The summed E-state index contributed by atoms with van der Waals surface area (Å²) in [5.74, 6) is 0.501. The van der Waals surface area contributed by atoms with Gasteiger partial charge in [0.2, 0.25) is 0 Å². The Kier molecular flexibility index (Phi) is 4.63. The number of carbonyl (C=O) groups is 1. The van der Waals surface area contributed by atoms with Crippen LogP contribution in [0.3, 0.4) is 0 Å². The highest BCUT2D eigenvalue weighted by atomic mass is 79.9. The van der Waals surface area contributed by atoms with Crippen molar-refractivity contribution in [2.24, 2.45) is 0 Å². The maximum absolute atomic E-state index is 12.1. The van der Waals surface area contributed by atoms with Crippen LogP contribution in [0.4, 0.5) is 11.4 Å². The van der Waals surface area contributed by atoms with Gasteiger partial charge in [0, 0.05) is 11.5 Å². The molecule has 2 rings (SSSR count). The lowest BCUT2D eigenvalue weighted by molar-refractivity contribution is -0.120. The third-order valence-corrected chi connectivity index (χ3v) is 3.32. The number of hydrogen-bond acceptors (Lipinski definition) is 3. The summed E-state index contributed by atoms with van der Waals surface area (Å²) in [5, 5.41) is 0. The van der Waals surface area contributed by atoms with E-state index in [0.29, 0.717) is 17.1 Å². The summed E-state index contributed by atoms with van der Waals surface area (Å²) in [4.78, 5) is 13.6. The van der Waals surface area contributed by atoms with Gasteiger partial charge in [-0.2, -0.15) is 0 Å². The topological polar surface area (TPSA) is 55.6 Å². The van der Waals surface area contributed by atoms with Crippen LogP contribution in [0.25, 0.3) is 0 Å². The van der Waals surface area contributed by atoms with Crippen LogP contribution < -0.4 is 15.4 Å². The molecular weight excluding hydrogens is 320 g/mol. The van der Waals surface area contributed by atoms with E-state index in [2.05, 4.69) is 15.9 Å². The Balaban J connectivity index is 2.01. The molecule has 0 aliphatic heterocycles. The van der Waals surface area contributed by atoms with E-state index in [1.54, 1.807) is 31.3 Å². The van der Waals surface area contributed by atoms with E-state index in [1.807, 2.05) is 24.3 Å². The van der Waals surface area contributed by atoms with Crippen LogP contribution in [0.5, 0.6) is 5.75 Å². The number of rotatable bonds is 4. The Labute approximate surface area is 126 Å². The summed E-state index contributed by atoms with van der Waals surface area (Å²) in [5.41, 5.74) is 7.10. The highest BCUT2D eigenvalue weighted by Gasteiger charge is 2.14. The van der Waals surface area contributed by atoms with Crippen molar-refractivity contribution in [3.8, 4) is 5.75 Å². The van der Waals surface area contributed by atoms with E-state index in [9.17, 15) is 4.79 Å². The van der Waals surface area contributed by atoms with Crippen molar-refractivity contribution in [1.82, 2.24) is 0 Å². The molecule has 104 valence electrons. The minimum atomic E-state index is -0.164. The predicted molar refractivity (Wildman–Crippen MR) is 83.9 cm³/mol. The number of nitrogen functional groups attached to an aromatic ring is 1. The normalized spacial score (nSPS) is 10.1. The molecule has 0 aromatic heterocycles. The van der Waals surface area contributed by atoms with Crippen LogP contribution in [0.1, 0.15) is 0 Å². The van der Waals surface area contributed by atoms with Gasteiger partial charge in [-0.05, 0) is 30.3 Å². The molecule has 0 atom stereocenters. The molecule has 5 heteroatoms. The van der Waals surface area contributed by atoms with Gasteiger partial charge in [0.05, 0.1) is 11.4 Å². The Hall–Kier alpha value is -2.01. The first-order valence-electron chi connectivity index (χ1n) is 6.07. The zero-order valence-electron chi connectivity index (χ0n) is 11.0. The smallest absolute Gasteiger partial charge is 0.264 e. The highest BCUT2D eigenvalue weighted by Crippen LogP contribution is 2.26. The Bertz CT molecular complexity index is 602. The van der Waals surface area contributed by atoms with Crippen molar-refractivity contribution in [1.29, 1.82) is 0 Å². The molecule has 0 aliphatic rings. The van der Waals surface area contributed by atoms with E-state index in [-0.39, 0.29) is 12.5 Å². The van der Waals surface area contributed by atoms with E-state index in [1.165, 1.54) is 4.90 Å². The van der Waals surface area contributed by atoms with Gasteiger partial charge in [-0.25, -0.2) is 0 Å². The number of likely N-dealkylation sites (N-methyl/N-ethyl adjacent to an activating group) is 1. The van der Waals surface area contributed by atoms with Gasteiger partial charge in [0.25, 0.3) is 5.91 Å². The van der Waals surface area contributed by atoms with Crippen LogP contribution in [0.2, 0.25) is 0 Å². The van der Waals surface area contributed by atoms with Crippen molar-refractivity contribution < 1.29 is 9.53 Å². The van der Waals surface area contributed by atoms with Crippen LogP contribution >= 0.6 is 15.9 Å². The minimum absolute atomic E-state index is 0.0317. The largest absolute Gasteiger partial charge is 0.484 e. The third-order valence-electron chi connectivity index (χ3n) is 2.83. The molecule has 2 N–H and O–H groups in total. The van der Waals surface area contributed by atoms with Gasteiger partial charge < -0.3 is 15.4 Å². The Morgan fingerprint density at radius 1 is 1.25 bits per heavy atom.